The number of rotatable bonds is 7. The minimum absolute atomic E-state index is 0.0762. The first-order valence-electron chi connectivity index (χ1n) is 10.8. The second-order valence-electron chi connectivity index (χ2n) is 8.01. The lowest BCUT2D eigenvalue weighted by molar-refractivity contribution is -0.120. The molecular formula is C23H29N5O2. The second kappa shape index (κ2) is 9.24. The SMILES string of the molecule is CCOc1ccc(CC(=O)NCC2CCC(c3nn(C)c4nccnc34)CC2)cc1. The van der Waals surface area contributed by atoms with Crippen LogP contribution >= 0.6 is 0 Å². The molecule has 1 aromatic carbocycles. The Labute approximate surface area is 176 Å². The summed E-state index contributed by atoms with van der Waals surface area (Å²) < 4.78 is 7.27. The van der Waals surface area contributed by atoms with Crippen LogP contribution in [0.1, 0.15) is 49.8 Å². The van der Waals surface area contributed by atoms with Crippen LogP contribution in [0.2, 0.25) is 0 Å². The van der Waals surface area contributed by atoms with Crippen LogP contribution in [0, 0.1) is 5.92 Å². The van der Waals surface area contributed by atoms with Crippen LogP contribution in [0.5, 0.6) is 5.75 Å². The van der Waals surface area contributed by atoms with Gasteiger partial charge < -0.3 is 10.1 Å². The first-order chi connectivity index (χ1) is 14.6. The maximum absolute atomic E-state index is 12.3. The summed E-state index contributed by atoms with van der Waals surface area (Å²) in [6.07, 6.45) is 8.17. The van der Waals surface area contributed by atoms with Crippen molar-refractivity contribution in [1.29, 1.82) is 0 Å². The minimum Gasteiger partial charge on any atom is -0.494 e. The van der Waals surface area contributed by atoms with E-state index in [4.69, 9.17) is 9.84 Å². The number of ether oxygens (including phenoxy) is 1. The highest BCUT2D eigenvalue weighted by Crippen LogP contribution is 2.36. The van der Waals surface area contributed by atoms with Crippen molar-refractivity contribution < 1.29 is 9.53 Å². The quantitative estimate of drug-likeness (QED) is 0.649. The van der Waals surface area contributed by atoms with Gasteiger partial charge in [0, 0.05) is 31.9 Å². The highest BCUT2D eigenvalue weighted by atomic mass is 16.5. The number of aryl methyl sites for hydroxylation is 1. The van der Waals surface area contributed by atoms with Gasteiger partial charge in [-0.2, -0.15) is 5.10 Å². The fourth-order valence-electron chi connectivity index (χ4n) is 4.30. The molecule has 7 heteroatoms. The van der Waals surface area contributed by atoms with Crippen LogP contribution in [-0.2, 0) is 18.3 Å². The number of hydrogen-bond acceptors (Lipinski definition) is 5. The van der Waals surface area contributed by atoms with Crippen LogP contribution < -0.4 is 10.1 Å². The van der Waals surface area contributed by atoms with E-state index in [1.54, 1.807) is 12.4 Å². The summed E-state index contributed by atoms with van der Waals surface area (Å²) in [6, 6.07) is 7.74. The Morgan fingerprint density at radius 1 is 1.13 bits per heavy atom. The molecule has 30 heavy (non-hydrogen) atoms. The van der Waals surface area contributed by atoms with Crippen molar-refractivity contribution in [2.24, 2.45) is 13.0 Å². The molecule has 0 spiro atoms. The Morgan fingerprint density at radius 3 is 2.60 bits per heavy atom. The third-order valence-electron chi connectivity index (χ3n) is 5.91. The van der Waals surface area contributed by atoms with E-state index in [1.165, 1.54) is 0 Å². The molecule has 1 aliphatic rings. The summed E-state index contributed by atoms with van der Waals surface area (Å²) in [5.41, 5.74) is 3.84. The zero-order valence-corrected chi connectivity index (χ0v) is 17.7. The molecule has 7 nitrogen and oxygen atoms in total. The van der Waals surface area contributed by atoms with Gasteiger partial charge in [-0.05, 0) is 56.2 Å². The summed E-state index contributed by atoms with van der Waals surface area (Å²) in [4.78, 5) is 21.2. The van der Waals surface area contributed by atoms with Gasteiger partial charge in [-0.1, -0.05) is 12.1 Å². The fraction of sp³-hybridized carbons (Fsp3) is 0.478. The summed E-state index contributed by atoms with van der Waals surface area (Å²) in [5, 5.41) is 7.81. The van der Waals surface area contributed by atoms with E-state index in [1.807, 2.05) is 42.9 Å². The molecule has 2 aromatic heterocycles. The summed E-state index contributed by atoms with van der Waals surface area (Å²) in [7, 11) is 1.92. The van der Waals surface area contributed by atoms with Gasteiger partial charge in [0.25, 0.3) is 0 Å². The van der Waals surface area contributed by atoms with E-state index in [0.29, 0.717) is 24.9 Å². The van der Waals surface area contributed by atoms with Crippen molar-refractivity contribution in [2.75, 3.05) is 13.2 Å². The zero-order chi connectivity index (χ0) is 20.9. The number of benzene rings is 1. The summed E-state index contributed by atoms with van der Waals surface area (Å²) in [5.74, 6) is 1.85. The van der Waals surface area contributed by atoms with Gasteiger partial charge in [0.2, 0.25) is 5.91 Å². The lowest BCUT2D eigenvalue weighted by atomic mass is 9.80. The Kier molecular flexibility index (Phi) is 6.26. The van der Waals surface area contributed by atoms with Crippen molar-refractivity contribution in [3.8, 4) is 5.75 Å². The molecule has 1 saturated carbocycles. The number of hydrogen-bond donors (Lipinski definition) is 1. The van der Waals surface area contributed by atoms with Gasteiger partial charge in [-0.25, -0.2) is 14.6 Å². The Morgan fingerprint density at radius 2 is 1.87 bits per heavy atom. The average molecular weight is 408 g/mol. The molecule has 1 fully saturated rings. The average Bonchev–Trinajstić information content (AvgIpc) is 3.11. The molecule has 0 aliphatic heterocycles. The van der Waals surface area contributed by atoms with Crippen molar-refractivity contribution >= 4 is 17.1 Å². The van der Waals surface area contributed by atoms with Gasteiger partial charge in [0.1, 0.15) is 11.3 Å². The molecule has 0 radical (unpaired) electrons. The number of aromatic nitrogens is 4. The Balaban J connectivity index is 1.25. The third kappa shape index (κ3) is 4.61. The van der Waals surface area contributed by atoms with E-state index in [9.17, 15) is 4.79 Å². The normalized spacial score (nSPS) is 19.0. The standard InChI is InChI=1S/C23H29N5O2/c1-3-30-19-10-6-16(7-11-19)14-20(29)26-15-17-4-8-18(9-5-17)21-22-23(28(2)27-21)25-13-12-24-22/h6-7,10-13,17-18H,3-5,8-9,14-15H2,1-2H3,(H,26,29). The van der Waals surface area contributed by atoms with E-state index in [-0.39, 0.29) is 5.91 Å². The van der Waals surface area contributed by atoms with Crippen LogP contribution in [-0.4, -0.2) is 38.8 Å². The molecule has 158 valence electrons. The smallest absolute Gasteiger partial charge is 0.224 e. The monoisotopic (exact) mass is 407 g/mol. The van der Waals surface area contributed by atoms with Crippen LogP contribution in [0.3, 0.4) is 0 Å². The fourth-order valence-corrected chi connectivity index (χ4v) is 4.30. The van der Waals surface area contributed by atoms with Crippen molar-refractivity contribution in [2.45, 2.75) is 44.9 Å². The molecule has 4 rings (SSSR count). The highest BCUT2D eigenvalue weighted by molar-refractivity contribution is 5.78. The molecule has 3 aromatic rings. The maximum Gasteiger partial charge on any atom is 0.224 e. The molecule has 0 unspecified atom stereocenters. The second-order valence-corrected chi connectivity index (χ2v) is 8.01. The molecule has 0 atom stereocenters. The predicted octanol–water partition coefficient (Wildman–Crippen LogP) is 3.39. The van der Waals surface area contributed by atoms with Crippen LogP contribution in [0.4, 0.5) is 0 Å². The molecule has 2 heterocycles. The lowest BCUT2D eigenvalue weighted by Gasteiger charge is -2.27. The van der Waals surface area contributed by atoms with Gasteiger partial charge >= 0.3 is 0 Å². The third-order valence-corrected chi connectivity index (χ3v) is 5.91. The predicted molar refractivity (Wildman–Crippen MR) is 115 cm³/mol. The number of nitrogens with one attached hydrogen (secondary N) is 1. The van der Waals surface area contributed by atoms with Crippen molar-refractivity contribution in [1.82, 2.24) is 25.1 Å². The van der Waals surface area contributed by atoms with Gasteiger partial charge in [0.05, 0.1) is 18.7 Å². The van der Waals surface area contributed by atoms with Gasteiger partial charge in [-0.3, -0.25) is 4.79 Å². The topological polar surface area (TPSA) is 81.9 Å². The molecule has 1 N–H and O–H groups in total. The van der Waals surface area contributed by atoms with Crippen molar-refractivity contribution in [3.05, 3.63) is 47.9 Å². The minimum atomic E-state index is 0.0762. The summed E-state index contributed by atoms with van der Waals surface area (Å²) >= 11 is 0. The molecule has 0 bridgehead atoms. The largest absolute Gasteiger partial charge is 0.494 e. The van der Waals surface area contributed by atoms with E-state index in [0.717, 1.165) is 60.4 Å². The molecule has 1 amide bonds. The van der Waals surface area contributed by atoms with Gasteiger partial charge in [-0.15, -0.1) is 0 Å². The lowest BCUT2D eigenvalue weighted by Crippen LogP contribution is -2.32. The molecular weight excluding hydrogens is 378 g/mol. The first kappa shape index (κ1) is 20.3. The Hall–Kier alpha value is -2.96. The van der Waals surface area contributed by atoms with E-state index >= 15 is 0 Å². The van der Waals surface area contributed by atoms with Gasteiger partial charge in [0.15, 0.2) is 5.65 Å². The zero-order valence-electron chi connectivity index (χ0n) is 17.7. The summed E-state index contributed by atoms with van der Waals surface area (Å²) in [6.45, 7) is 3.35. The van der Waals surface area contributed by atoms with Crippen molar-refractivity contribution in [3.63, 3.8) is 0 Å². The van der Waals surface area contributed by atoms with Crippen LogP contribution in [0.15, 0.2) is 36.7 Å². The maximum atomic E-state index is 12.3. The highest BCUT2D eigenvalue weighted by Gasteiger charge is 2.27. The first-order valence-corrected chi connectivity index (χ1v) is 10.8. The van der Waals surface area contributed by atoms with Crippen LogP contribution in [0.25, 0.3) is 11.2 Å². The number of amides is 1. The molecule has 0 saturated heterocycles. The number of carbonyl (C=O) groups excluding carboxylic acids is 1. The Bertz CT molecular complexity index is 991. The van der Waals surface area contributed by atoms with E-state index < -0.39 is 0 Å². The molecule has 1 aliphatic carbocycles. The number of nitrogens with zero attached hydrogens (tertiary/aromatic N) is 4. The number of fused-ring (bicyclic) bond motifs is 1. The number of carbonyl (C=O) groups is 1. The van der Waals surface area contributed by atoms with E-state index in [2.05, 4.69) is 15.3 Å².